The fourth-order valence-corrected chi connectivity index (χ4v) is 2.43. The lowest BCUT2D eigenvalue weighted by Crippen LogP contribution is -1.96. The molecule has 0 aromatic heterocycles. The van der Waals surface area contributed by atoms with E-state index in [0.717, 1.165) is 6.42 Å². The third kappa shape index (κ3) is 1.91. The van der Waals surface area contributed by atoms with E-state index in [1.165, 1.54) is 20.4 Å². The number of rotatable bonds is 2. The van der Waals surface area contributed by atoms with Gasteiger partial charge in [0.15, 0.2) is 0 Å². The number of anilines is 1. The minimum Gasteiger partial charge on any atom is -0.387 e. The number of hydrogen-bond acceptors (Lipinski definition) is 1. The Bertz CT molecular complexity index is 258. The third-order valence-corrected chi connectivity index (χ3v) is 2.86. The van der Waals surface area contributed by atoms with Crippen LogP contribution in [0.2, 0.25) is 0 Å². The molecule has 0 aliphatic rings. The van der Waals surface area contributed by atoms with E-state index >= 15 is 0 Å². The fourth-order valence-electron chi connectivity index (χ4n) is 1.34. The van der Waals surface area contributed by atoms with Crippen molar-refractivity contribution in [2.75, 3.05) is 12.4 Å². The van der Waals surface area contributed by atoms with Gasteiger partial charge in [-0.3, -0.25) is 0 Å². The molecule has 0 saturated carbocycles. The second-order valence-corrected chi connectivity index (χ2v) is 4.04. The van der Waals surface area contributed by atoms with Crippen LogP contribution < -0.4 is 5.32 Å². The predicted octanol–water partition coefficient (Wildman–Crippen LogP) is 3.20. The van der Waals surface area contributed by atoms with Crippen LogP contribution in [0.15, 0.2) is 12.1 Å². The summed E-state index contributed by atoms with van der Waals surface area (Å²) in [5.74, 6) is 0. The molecule has 0 unspecified atom stereocenters. The fraction of sp³-hybridized carbons (Fsp3) is 0.400. The highest BCUT2D eigenvalue weighted by Crippen LogP contribution is 2.23. The smallest absolute Gasteiger partial charge is 0.0503 e. The Morgan fingerprint density at radius 2 is 2.08 bits per heavy atom. The minimum absolute atomic E-state index is 1.11. The highest BCUT2D eigenvalue weighted by molar-refractivity contribution is 14.1. The van der Waals surface area contributed by atoms with Crippen molar-refractivity contribution in [2.24, 2.45) is 0 Å². The van der Waals surface area contributed by atoms with E-state index in [2.05, 4.69) is 53.9 Å². The molecule has 1 aromatic carbocycles. The van der Waals surface area contributed by atoms with Crippen LogP contribution in [-0.2, 0) is 6.42 Å². The first-order valence-corrected chi connectivity index (χ1v) is 5.23. The van der Waals surface area contributed by atoms with Crippen LogP contribution in [0.4, 0.5) is 5.69 Å². The van der Waals surface area contributed by atoms with Crippen LogP contribution in [0.25, 0.3) is 0 Å². The van der Waals surface area contributed by atoms with Gasteiger partial charge in [0.1, 0.15) is 0 Å². The van der Waals surface area contributed by atoms with Crippen LogP contribution in [-0.4, -0.2) is 7.05 Å². The zero-order chi connectivity index (χ0) is 9.14. The first-order chi connectivity index (χ1) is 5.69. The van der Waals surface area contributed by atoms with Gasteiger partial charge in [0, 0.05) is 10.6 Å². The summed E-state index contributed by atoms with van der Waals surface area (Å²) in [7, 11) is 1.97. The van der Waals surface area contributed by atoms with E-state index in [0.29, 0.717) is 0 Å². The molecule has 2 heteroatoms. The van der Waals surface area contributed by atoms with Gasteiger partial charge in [0.25, 0.3) is 0 Å². The van der Waals surface area contributed by atoms with Crippen molar-refractivity contribution in [1.82, 2.24) is 0 Å². The predicted molar refractivity (Wildman–Crippen MR) is 62.8 cm³/mol. The van der Waals surface area contributed by atoms with Crippen molar-refractivity contribution in [1.29, 1.82) is 0 Å². The second kappa shape index (κ2) is 4.12. The minimum atomic E-state index is 1.11. The Labute approximate surface area is 87.7 Å². The molecule has 0 spiro atoms. The van der Waals surface area contributed by atoms with E-state index in [1.54, 1.807) is 0 Å². The molecule has 1 nitrogen and oxygen atoms in total. The molecule has 0 atom stereocenters. The topological polar surface area (TPSA) is 12.0 Å². The number of nitrogens with one attached hydrogen (secondary N) is 1. The lowest BCUT2D eigenvalue weighted by molar-refractivity contribution is 1.13. The summed E-state index contributed by atoms with van der Waals surface area (Å²) in [6.07, 6.45) is 1.11. The first-order valence-electron chi connectivity index (χ1n) is 4.15. The molecular weight excluding hydrogens is 261 g/mol. The Hall–Kier alpha value is -0.250. The number of halogens is 1. The van der Waals surface area contributed by atoms with Crippen molar-refractivity contribution in [3.63, 3.8) is 0 Å². The lowest BCUT2D eigenvalue weighted by Gasteiger charge is -2.09. The van der Waals surface area contributed by atoms with Gasteiger partial charge in [0.05, 0.1) is 5.69 Å². The van der Waals surface area contributed by atoms with Gasteiger partial charge in [-0.1, -0.05) is 13.0 Å². The molecule has 0 radical (unpaired) electrons. The molecule has 12 heavy (non-hydrogen) atoms. The van der Waals surface area contributed by atoms with Gasteiger partial charge in [-0.2, -0.15) is 0 Å². The summed E-state index contributed by atoms with van der Waals surface area (Å²) in [5, 5.41) is 3.21. The Morgan fingerprint density at radius 3 is 2.50 bits per heavy atom. The molecule has 1 rings (SSSR count). The maximum Gasteiger partial charge on any atom is 0.0503 e. The summed E-state index contributed by atoms with van der Waals surface area (Å²) < 4.78 is 1.31. The standard InChI is InChI=1S/C10H14IN/c1-4-8-5-7(2)10(12-3)9(11)6-8/h5-6,12H,4H2,1-3H3. The van der Waals surface area contributed by atoms with E-state index in [1.807, 2.05) is 7.05 Å². The van der Waals surface area contributed by atoms with E-state index in [-0.39, 0.29) is 0 Å². The van der Waals surface area contributed by atoms with Crippen LogP contribution in [0.1, 0.15) is 18.1 Å². The van der Waals surface area contributed by atoms with Crippen molar-refractivity contribution < 1.29 is 0 Å². The summed E-state index contributed by atoms with van der Waals surface area (Å²) >= 11 is 2.37. The number of aryl methyl sites for hydroxylation is 2. The molecule has 0 heterocycles. The first kappa shape index (κ1) is 9.84. The summed E-state index contributed by atoms with van der Waals surface area (Å²) in [4.78, 5) is 0. The van der Waals surface area contributed by atoms with Crippen molar-refractivity contribution in [3.8, 4) is 0 Å². The normalized spacial score (nSPS) is 10.0. The maximum absolute atomic E-state index is 3.21. The molecular formula is C10H14IN. The van der Waals surface area contributed by atoms with Gasteiger partial charge >= 0.3 is 0 Å². The molecule has 0 fully saturated rings. The van der Waals surface area contributed by atoms with E-state index < -0.39 is 0 Å². The quantitative estimate of drug-likeness (QED) is 0.817. The number of benzene rings is 1. The van der Waals surface area contributed by atoms with E-state index in [9.17, 15) is 0 Å². The molecule has 0 amide bonds. The van der Waals surface area contributed by atoms with Gasteiger partial charge in [0.2, 0.25) is 0 Å². The average Bonchev–Trinajstić information content (AvgIpc) is 2.03. The molecule has 1 aromatic rings. The van der Waals surface area contributed by atoms with Crippen LogP contribution in [0, 0.1) is 10.5 Å². The molecule has 0 bridgehead atoms. The molecule has 66 valence electrons. The Morgan fingerprint density at radius 1 is 1.42 bits per heavy atom. The van der Waals surface area contributed by atoms with Crippen LogP contribution in [0.5, 0.6) is 0 Å². The van der Waals surface area contributed by atoms with Gasteiger partial charge in [-0.25, -0.2) is 0 Å². The zero-order valence-corrected chi connectivity index (χ0v) is 9.90. The largest absolute Gasteiger partial charge is 0.387 e. The monoisotopic (exact) mass is 275 g/mol. The third-order valence-electron chi connectivity index (χ3n) is 2.01. The van der Waals surface area contributed by atoms with Crippen LogP contribution >= 0.6 is 22.6 Å². The van der Waals surface area contributed by atoms with Gasteiger partial charge in [-0.05, 0) is 53.1 Å². The summed E-state index contributed by atoms with van der Waals surface area (Å²) in [6.45, 7) is 4.33. The van der Waals surface area contributed by atoms with Crippen molar-refractivity contribution in [3.05, 3.63) is 26.8 Å². The van der Waals surface area contributed by atoms with E-state index in [4.69, 9.17) is 0 Å². The highest BCUT2D eigenvalue weighted by Gasteiger charge is 2.02. The molecule has 0 saturated heterocycles. The van der Waals surface area contributed by atoms with Gasteiger partial charge in [-0.15, -0.1) is 0 Å². The highest BCUT2D eigenvalue weighted by atomic mass is 127. The van der Waals surface area contributed by atoms with Crippen molar-refractivity contribution >= 4 is 28.3 Å². The molecule has 0 aliphatic carbocycles. The van der Waals surface area contributed by atoms with Crippen molar-refractivity contribution in [2.45, 2.75) is 20.3 Å². The van der Waals surface area contributed by atoms with Gasteiger partial charge < -0.3 is 5.32 Å². The SMILES string of the molecule is CCc1cc(C)c(NC)c(I)c1. The number of hydrogen-bond donors (Lipinski definition) is 1. The molecule has 1 N–H and O–H groups in total. The van der Waals surface area contributed by atoms with Crippen LogP contribution in [0.3, 0.4) is 0 Å². The molecule has 0 aliphatic heterocycles. The lowest BCUT2D eigenvalue weighted by atomic mass is 10.1. The maximum atomic E-state index is 3.21. The Balaban J connectivity index is 3.18. The second-order valence-electron chi connectivity index (χ2n) is 2.87. The Kier molecular flexibility index (Phi) is 3.38. The summed E-state index contributed by atoms with van der Waals surface area (Å²) in [6, 6.07) is 4.48. The average molecular weight is 275 g/mol. The zero-order valence-electron chi connectivity index (χ0n) is 7.74. The summed E-state index contributed by atoms with van der Waals surface area (Å²) in [5.41, 5.74) is 4.00.